The van der Waals surface area contributed by atoms with Gasteiger partial charge in [-0.2, -0.15) is 0 Å². The van der Waals surface area contributed by atoms with Gasteiger partial charge in [0.15, 0.2) is 0 Å². The second-order valence-corrected chi connectivity index (χ2v) is 9.16. The molecule has 2 fully saturated rings. The van der Waals surface area contributed by atoms with E-state index in [0.717, 1.165) is 5.56 Å². The number of benzene rings is 2. The summed E-state index contributed by atoms with van der Waals surface area (Å²) in [6, 6.07) is 10.3. The van der Waals surface area contributed by atoms with Crippen LogP contribution in [0.3, 0.4) is 0 Å². The van der Waals surface area contributed by atoms with E-state index in [1.807, 2.05) is 0 Å². The molecule has 0 aliphatic carbocycles. The number of rotatable bonds is 9. The first-order valence-corrected chi connectivity index (χ1v) is 11.8. The lowest BCUT2D eigenvalue weighted by atomic mass is 9.74. The minimum atomic E-state index is -1.12. The third-order valence-corrected chi connectivity index (χ3v) is 7.05. The number of piperidine rings is 1. The number of nitrogens with zero attached hydrogens (tertiary/aromatic N) is 2. The van der Waals surface area contributed by atoms with Crippen molar-refractivity contribution < 1.29 is 27.8 Å². The smallest absolute Gasteiger partial charge is 0.325 e. The van der Waals surface area contributed by atoms with E-state index in [4.69, 9.17) is 9.47 Å². The topological polar surface area (TPSA) is 71.1 Å². The summed E-state index contributed by atoms with van der Waals surface area (Å²) < 4.78 is 38.1. The fourth-order valence-corrected chi connectivity index (χ4v) is 5.12. The van der Waals surface area contributed by atoms with Crippen LogP contribution < -0.4 is 10.1 Å². The first kappa shape index (κ1) is 25.1. The van der Waals surface area contributed by atoms with Crippen molar-refractivity contribution in [3.63, 3.8) is 0 Å². The monoisotopic (exact) mass is 487 g/mol. The van der Waals surface area contributed by atoms with E-state index in [2.05, 4.69) is 10.2 Å². The highest BCUT2D eigenvalue weighted by Gasteiger charge is 2.55. The molecule has 9 heteroatoms. The SMILES string of the molecule is COCCN1C(=O)N[C@](Cc2ccc(F)cc2)(C2CCN(Cc3cc(OC)ccc3F)CC2)C1=O. The van der Waals surface area contributed by atoms with E-state index >= 15 is 0 Å². The van der Waals surface area contributed by atoms with Crippen LogP contribution in [0.25, 0.3) is 0 Å². The second-order valence-electron chi connectivity index (χ2n) is 9.16. The number of carbonyl (C=O) groups is 2. The van der Waals surface area contributed by atoms with Gasteiger partial charge in [-0.25, -0.2) is 13.6 Å². The molecule has 0 unspecified atom stereocenters. The predicted molar refractivity (Wildman–Crippen MR) is 126 cm³/mol. The normalized spacial score (nSPS) is 21.4. The van der Waals surface area contributed by atoms with E-state index in [9.17, 15) is 18.4 Å². The summed E-state index contributed by atoms with van der Waals surface area (Å²) in [5.41, 5.74) is 0.213. The Labute approximate surface area is 204 Å². The zero-order valence-corrected chi connectivity index (χ0v) is 20.1. The van der Waals surface area contributed by atoms with Gasteiger partial charge in [-0.1, -0.05) is 12.1 Å². The predicted octanol–water partition coefficient (Wildman–Crippen LogP) is 3.37. The Morgan fingerprint density at radius 1 is 1.06 bits per heavy atom. The summed E-state index contributed by atoms with van der Waals surface area (Å²) in [6.45, 7) is 2.14. The van der Waals surface area contributed by atoms with Gasteiger partial charge in [-0.05, 0) is 67.7 Å². The molecule has 2 aliphatic rings. The minimum absolute atomic E-state index is 0.122. The van der Waals surface area contributed by atoms with Crippen LogP contribution in [0.15, 0.2) is 42.5 Å². The minimum Gasteiger partial charge on any atom is -0.497 e. The number of halogens is 2. The molecular formula is C26H31F2N3O4. The summed E-state index contributed by atoms with van der Waals surface area (Å²) in [5, 5.41) is 2.99. The molecule has 2 aliphatic heterocycles. The van der Waals surface area contributed by atoms with E-state index in [-0.39, 0.29) is 43.0 Å². The highest BCUT2D eigenvalue weighted by molar-refractivity contribution is 6.07. The number of hydrogen-bond donors (Lipinski definition) is 1. The van der Waals surface area contributed by atoms with Crippen LogP contribution in [-0.2, 0) is 22.5 Å². The number of ether oxygens (including phenoxy) is 2. The van der Waals surface area contributed by atoms with Crippen LogP contribution in [0.2, 0.25) is 0 Å². The van der Waals surface area contributed by atoms with Crippen molar-refractivity contribution in [1.29, 1.82) is 0 Å². The Hall–Kier alpha value is -3.04. The number of amides is 3. The van der Waals surface area contributed by atoms with Crippen molar-refractivity contribution in [2.45, 2.75) is 31.3 Å². The van der Waals surface area contributed by atoms with Crippen LogP contribution in [0.1, 0.15) is 24.0 Å². The standard InChI is InChI=1S/C26H31F2N3O4/c1-34-14-13-31-24(32)26(29-25(31)33,16-18-3-5-21(27)6-4-18)20-9-11-30(12-10-20)17-19-15-22(35-2)7-8-23(19)28/h3-8,15,20H,9-14,16-17H2,1-2H3,(H,29,33)/t26-/m1/s1. The fraction of sp³-hybridized carbons (Fsp3) is 0.462. The van der Waals surface area contributed by atoms with Crippen LogP contribution in [0, 0.1) is 17.6 Å². The number of methoxy groups -OCH3 is 2. The van der Waals surface area contributed by atoms with Gasteiger partial charge in [0.25, 0.3) is 5.91 Å². The molecule has 4 rings (SSSR count). The van der Waals surface area contributed by atoms with Gasteiger partial charge in [0.1, 0.15) is 22.9 Å². The zero-order chi connectivity index (χ0) is 25.0. The Morgan fingerprint density at radius 2 is 1.77 bits per heavy atom. The van der Waals surface area contributed by atoms with Gasteiger partial charge in [0, 0.05) is 25.6 Å². The van der Waals surface area contributed by atoms with Crippen molar-refractivity contribution in [2.75, 3.05) is 40.5 Å². The lowest BCUT2D eigenvalue weighted by molar-refractivity contribution is -0.134. The molecule has 0 saturated carbocycles. The van der Waals surface area contributed by atoms with Crippen LogP contribution in [0.5, 0.6) is 5.75 Å². The van der Waals surface area contributed by atoms with Gasteiger partial charge >= 0.3 is 6.03 Å². The third-order valence-electron chi connectivity index (χ3n) is 7.05. The van der Waals surface area contributed by atoms with Crippen molar-refractivity contribution >= 4 is 11.9 Å². The summed E-state index contributed by atoms with van der Waals surface area (Å²) in [6.07, 6.45) is 1.57. The van der Waals surface area contributed by atoms with E-state index < -0.39 is 11.6 Å². The van der Waals surface area contributed by atoms with E-state index in [0.29, 0.717) is 43.8 Å². The maximum atomic E-state index is 14.3. The van der Waals surface area contributed by atoms with E-state index in [1.165, 1.54) is 30.2 Å². The van der Waals surface area contributed by atoms with Gasteiger partial charge in [0.2, 0.25) is 0 Å². The highest BCUT2D eigenvalue weighted by Crippen LogP contribution is 2.37. The zero-order valence-electron chi connectivity index (χ0n) is 20.1. The summed E-state index contributed by atoms with van der Waals surface area (Å²) in [4.78, 5) is 29.8. The average molecular weight is 488 g/mol. The summed E-state index contributed by atoms with van der Waals surface area (Å²) in [5.74, 6) is -0.439. The molecular weight excluding hydrogens is 456 g/mol. The molecule has 2 aromatic carbocycles. The Morgan fingerprint density at radius 3 is 2.43 bits per heavy atom. The fourth-order valence-electron chi connectivity index (χ4n) is 5.12. The molecule has 35 heavy (non-hydrogen) atoms. The quantitative estimate of drug-likeness (QED) is 0.550. The maximum Gasteiger partial charge on any atom is 0.325 e. The van der Waals surface area contributed by atoms with Gasteiger partial charge in [-0.3, -0.25) is 14.6 Å². The first-order valence-electron chi connectivity index (χ1n) is 11.8. The van der Waals surface area contributed by atoms with Crippen molar-refractivity contribution in [3.8, 4) is 5.75 Å². The number of carbonyl (C=O) groups excluding carboxylic acids is 2. The van der Waals surface area contributed by atoms with Crippen molar-refractivity contribution in [3.05, 3.63) is 65.2 Å². The largest absolute Gasteiger partial charge is 0.497 e. The molecule has 2 heterocycles. The average Bonchev–Trinajstić information content (AvgIpc) is 3.10. The Balaban J connectivity index is 1.52. The van der Waals surface area contributed by atoms with Crippen LogP contribution in [0.4, 0.5) is 13.6 Å². The number of hydrogen-bond acceptors (Lipinski definition) is 5. The molecule has 0 bridgehead atoms. The van der Waals surface area contributed by atoms with Gasteiger partial charge < -0.3 is 14.8 Å². The number of nitrogens with one attached hydrogen (secondary N) is 1. The van der Waals surface area contributed by atoms with E-state index in [1.54, 1.807) is 31.4 Å². The molecule has 0 spiro atoms. The maximum absolute atomic E-state index is 14.3. The molecule has 0 radical (unpaired) electrons. The summed E-state index contributed by atoms with van der Waals surface area (Å²) >= 11 is 0. The molecule has 0 aromatic heterocycles. The van der Waals surface area contributed by atoms with Crippen LogP contribution >= 0.6 is 0 Å². The Bertz CT molecular complexity index is 1060. The Kier molecular flexibility index (Phi) is 7.66. The lowest BCUT2D eigenvalue weighted by Gasteiger charge is -2.41. The summed E-state index contributed by atoms with van der Waals surface area (Å²) in [7, 11) is 3.07. The molecule has 1 atom stereocenters. The number of urea groups is 1. The second kappa shape index (κ2) is 10.7. The molecule has 1 N–H and O–H groups in total. The molecule has 2 saturated heterocycles. The highest BCUT2D eigenvalue weighted by atomic mass is 19.1. The van der Waals surface area contributed by atoms with Crippen LogP contribution in [-0.4, -0.2) is 67.7 Å². The first-order chi connectivity index (χ1) is 16.9. The third kappa shape index (κ3) is 5.31. The molecule has 2 aromatic rings. The molecule has 7 nitrogen and oxygen atoms in total. The number of likely N-dealkylation sites (tertiary alicyclic amines) is 1. The molecule has 188 valence electrons. The lowest BCUT2D eigenvalue weighted by Crippen LogP contribution is -2.57. The van der Waals surface area contributed by atoms with Gasteiger partial charge in [0.05, 0.1) is 20.3 Å². The van der Waals surface area contributed by atoms with Crippen molar-refractivity contribution in [1.82, 2.24) is 15.1 Å². The molecule has 3 amide bonds. The van der Waals surface area contributed by atoms with Gasteiger partial charge in [-0.15, -0.1) is 0 Å². The number of imide groups is 1. The van der Waals surface area contributed by atoms with Crippen molar-refractivity contribution in [2.24, 2.45) is 5.92 Å².